The third kappa shape index (κ3) is 6.80. The van der Waals surface area contributed by atoms with Gasteiger partial charge in [0.25, 0.3) is 0 Å². The molecule has 4 nitrogen and oxygen atoms in total. The highest BCUT2D eigenvalue weighted by molar-refractivity contribution is 5.78. The van der Waals surface area contributed by atoms with Crippen molar-refractivity contribution in [3.63, 3.8) is 0 Å². The Morgan fingerprint density at radius 2 is 2.00 bits per heavy atom. The Balaban J connectivity index is 1.98. The first kappa shape index (κ1) is 15.2. The highest BCUT2D eigenvalue weighted by Gasteiger charge is 2.27. The van der Waals surface area contributed by atoms with Crippen molar-refractivity contribution in [2.45, 2.75) is 25.4 Å². The lowest BCUT2D eigenvalue weighted by atomic mass is 9.99. The smallest absolute Gasteiger partial charge is 0.381 e. The van der Waals surface area contributed by atoms with Crippen LogP contribution >= 0.6 is 0 Å². The van der Waals surface area contributed by atoms with Crippen LogP contribution in [0.1, 0.15) is 19.3 Å². The molecule has 1 heterocycles. The second-order valence-electron chi connectivity index (χ2n) is 4.20. The lowest BCUT2D eigenvalue weighted by Crippen LogP contribution is -2.35. The van der Waals surface area contributed by atoms with Gasteiger partial charge in [0.05, 0.1) is 0 Å². The molecule has 0 aromatic carbocycles. The Kier molecular flexibility index (Phi) is 6.42. The normalized spacial score (nSPS) is 17.7. The molecule has 0 radical (unpaired) electrons. The lowest BCUT2D eigenvalue weighted by molar-refractivity contribution is -0.174. The van der Waals surface area contributed by atoms with E-state index in [9.17, 15) is 18.0 Å². The van der Waals surface area contributed by atoms with E-state index in [4.69, 9.17) is 4.74 Å². The minimum absolute atomic E-state index is 0.00638. The fourth-order valence-corrected chi connectivity index (χ4v) is 1.68. The van der Waals surface area contributed by atoms with Crippen molar-refractivity contribution in [3.05, 3.63) is 0 Å². The van der Waals surface area contributed by atoms with Crippen molar-refractivity contribution in [2.24, 2.45) is 5.92 Å². The average molecular weight is 269 g/mol. The Morgan fingerprint density at radius 1 is 1.33 bits per heavy atom. The molecule has 0 saturated carbocycles. The summed E-state index contributed by atoms with van der Waals surface area (Å²) >= 11 is 0. The van der Waals surface area contributed by atoms with E-state index in [1.807, 2.05) is 0 Å². The fraction of sp³-hybridized carbons (Fsp3) is 0.909. The quantitative estimate of drug-likeness (QED) is 0.743. The molecule has 1 aliphatic rings. The molecular weight excluding hydrogens is 251 g/mol. The topological polar surface area (TPSA) is 47.6 Å². The van der Waals surface area contributed by atoms with E-state index in [0.29, 0.717) is 39.0 Å². The van der Waals surface area contributed by atoms with Crippen LogP contribution in [0.4, 0.5) is 13.2 Å². The van der Waals surface area contributed by atoms with E-state index in [2.05, 4.69) is 10.1 Å². The molecule has 0 aromatic rings. The molecule has 18 heavy (non-hydrogen) atoms. The van der Waals surface area contributed by atoms with Crippen LogP contribution < -0.4 is 5.32 Å². The van der Waals surface area contributed by atoms with E-state index >= 15 is 0 Å². The van der Waals surface area contributed by atoms with Crippen LogP contribution in [-0.4, -0.2) is 45.1 Å². The van der Waals surface area contributed by atoms with Gasteiger partial charge in [0, 0.05) is 32.3 Å². The fourth-order valence-electron chi connectivity index (χ4n) is 1.68. The Hall–Kier alpha value is -0.820. The van der Waals surface area contributed by atoms with Crippen LogP contribution in [0.3, 0.4) is 0 Å². The summed E-state index contributed by atoms with van der Waals surface area (Å²) in [5.74, 6) is -0.0797. The highest BCUT2D eigenvalue weighted by atomic mass is 19.4. The summed E-state index contributed by atoms with van der Waals surface area (Å²) in [5, 5.41) is 2.69. The number of hydrogen-bond acceptors (Lipinski definition) is 3. The zero-order valence-corrected chi connectivity index (χ0v) is 10.1. The lowest BCUT2D eigenvalue weighted by Gasteiger charge is -2.21. The molecule has 0 spiro atoms. The number of carbonyl (C=O) groups is 1. The number of ether oxygens (including phenoxy) is 2. The van der Waals surface area contributed by atoms with Gasteiger partial charge in [-0.2, -0.15) is 13.2 Å². The van der Waals surface area contributed by atoms with E-state index in [1.54, 1.807) is 0 Å². The van der Waals surface area contributed by atoms with Gasteiger partial charge < -0.3 is 14.8 Å². The van der Waals surface area contributed by atoms with Crippen LogP contribution in [0.25, 0.3) is 0 Å². The summed E-state index contributed by atoms with van der Waals surface area (Å²) in [6, 6.07) is 0. The highest BCUT2D eigenvalue weighted by Crippen LogP contribution is 2.15. The minimum Gasteiger partial charge on any atom is -0.381 e. The molecule has 1 saturated heterocycles. The maximum Gasteiger partial charge on any atom is 0.411 e. The molecule has 0 aromatic heterocycles. The number of alkyl halides is 3. The second-order valence-corrected chi connectivity index (χ2v) is 4.20. The van der Waals surface area contributed by atoms with Crippen LogP contribution in [0, 0.1) is 5.92 Å². The maximum absolute atomic E-state index is 11.7. The molecule has 0 unspecified atom stereocenters. The van der Waals surface area contributed by atoms with Gasteiger partial charge in [-0.15, -0.1) is 0 Å². The molecule has 0 aliphatic carbocycles. The van der Waals surface area contributed by atoms with Crippen molar-refractivity contribution in [2.75, 3.05) is 33.0 Å². The summed E-state index contributed by atoms with van der Waals surface area (Å²) in [6.45, 7) is 0.280. The van der Waals surface area contributed by atoms with Crippen molar-refractivity contribution < 1.29 is 27.4 Å². The molecule has 1 N–H and O–H groups in total. The molecule has 0 bridgehead atoms. The van der Waals surface area contributed by atoms with Crippen molar-refractivity contribution in [1.82, 2.24) is 5.32 Å². The maximum atomic E-state index is 11.7. The largest absolute Gasteiger partial charge is 0.411 e. The molecule has 1 aliphatic heterocycles. The van der Waals surface area contributed by atoms with Crippen LogP contribution in [0.5, 0.6) is 0 Å². The number of hydrogen-bond donors (Lipinski definition) is 1. The molecular formula is C11H18F3NO3. The minimum atomic E-state index is -4.29. The van der Waals surface area contributed by atoms with Gasteiger partial charge in [0.1, 0.15) is 6.61 Å². The van der Waals surface area contributed by atoms with Gasteiger partial charge in [-0.25, -0.2) is 0 Å². The standard InChI is InChI=1S/C11H18F3NO3/c12-11(13,14)8-18-5-1-4-15-10(16)9-2-6-17-7-3-9/h9H,1-8H2,(H,15,16). The van der Waals surface area contributed by atoms with Gasteiger partial charge >= 0.3 is 6.18 Å². The Bertz CT molecular complexity index is 252. The molecule has 1 fully saturated rings. The second kappa shape index (κ2) is 7.58. The average Bonchev–Trinajstić information content (AvgIpc) is 2.33. The molecule has 0 atom stereocenters. The van der Waals surface area contributed by atoms with Gasteiger partial charge in [-0.3, -0.25) is 4.79 Å². The predicted octanol–water partition coefficient (Wildman–Crippen LogP) is 1.50. The Labute approximate surface area is 104 Å². The van der Waals surface area contributed by atoms with E-state index < -0.39 is 12.8 Å². The van der Waals surface area contributed by atoms with Crippen LogP contribution in [0.2, 0.25) is 0 Å². The van der Waals surface area contributed by atoms with Gasteiger partial charge in [-0.1, -0.05) is 0 Å². The number of carbonyl (C=O) groups excluding carboxylic acids is 1. The van der Waals surface area contributed by atoms with Crippen molar-refractivity contribution in [3.8, 4) is 0 Å². The SMILES string of the molecule is O=C(NCCCOCC(F)(F)F)C1CCOCC1. The Morgan fingerprint density at radius 3 is 2.61 bits per heavy atom. The summed E-state index contributed by atoms with van der Waals surface area (Å²) in [4.78, 5) is 11.6. The summed E-state index contributed by atoms with van der Waals surface area (Å²) in [5.41, 5.74) is 0. The zero-order chi connectivity index (χ0) is 13.4. The third-order valence-corrected chi connectivity index (χ3v) is 2.62. The van der Waals surface area contributed by atoms with Crippen LogP contribution in [-0.2, 0) is 14.3 Å². The summed E-state index contributed by atoms with van der Waals surface area (Å²) < 4.78 is 44.7. The van der Waals surface area contributed by atoms with Crippen LogP contribution in [0.15, 0.2) is 0 Å². The monoisotopic (exact) mass is 269 g/mol. The zero-order valence-electron chi connectivity index (χ0n) is 10.1. The molecule has 1 amide bonds. The third-order valence-electron chi connectivity index (χ3n) is 2.62. The number of nitrogens with one attached hydrogen (secondary N) is 1. The first-order valence-corrected chi connectivity index (χ1v) is 5.99. The molecule has 7 heteroatoms. The van der Waals surface area contributed by atoms with E-state index in [1.165, 1.54) is 0 Å². The predicted molar refractivity (Wildman–Crippen MR) is 58.0 cm³/mol. The number of amides is 1. The van der Waals surface area contributed by atoms with Gasteiger partial charge in [0.15, 0.2) is 0 Å². The van der Waals surface area contributed by atoms with Crippen molar-refractivity contribution >= 4 is 5.91 Å². The molecule has 1 rings (SSSR count). The molecule has 106 valence electrons. The first-order valence-electron chi connectivity index (χ1n) is 5.99. The summed E-state index contributed by atoms with van der Waals surface area (Å²) in [7, 11) is 0. The van der Waals surface area contributed by atoms with Gasteiger partial charge in [0.2, 0.25) is 5.91 Å². The first-order chi connectivity index (χ1) is 8.49. The number of halogens is 3. The van der Waals surface area contributed by atoms with E-state index in [-0.39, 0.29) is 18.4 Å². The van der Waals surface area contributed by atoms with Gasteiger partial charge in [-0.05, 0) is 19.3 Å². The number of rotatable bonds is 6. The summed E-state index contributed by atoms with van der Waals surface area (Å²) in [6.07, 6.45) is -2.50. The van der Waals surface area contributed by atoms with Crippen molar-refractivity contribution in [1.29, 1.82) is 0 Å². The van der Waals surface area contributed by atoms with E-state index in [0.717, 1.165) is 0 Å².